The molecule has 0 fully saturated rings. The van der Waals surface area contributed by atoms with Crippen LogP contribution in [0, 0.1) is 11.6 Å². The number of hydrogen-bond acceptors (Lipinski definition) is 4. The van der Waals surface area contributed by atoms with Crippen LogP contribution in [-0.4, -0.2) is 27.0 Å². The molecule has 1 unspecified atom stereocenters. The van der Waals surface area contributed by atoms with E-state index in [9.17, 15) is 13.6 Å². The van der Waals surface area contributed by atoms with Crippen molar-refractivity contribution in [3.8, 4) is 0 Å². The van der Waals surface area contributed by atoms with Gasteiger partial charge in [-0.1, -0.05) is 0 Å². The predicted octanol–water partition coefficient (Wildman–Crippen LogP) is 3.52. The van der Waals surface area contributed by atoms with E-state index in [4.69, 9.17) is 0 Å². The van der Waals surface area contributed by atoms with Crippen LogP contribution in [-0.2, 0) is 4.79 Å². The van der Waals surface area contributed by atoms with Crippen LogP contribution in [0.15, 0.2) is 47.7 Å². The molecule has 1 aromatic carbocycles. The zero-order chi connectivity index (χ0) is 16.8. The molecule has 0 aliphatic carbocycles. The van der Waals surface area contributed by atoms with Crippen LogP contribution in [0.25, 0.3) is 10.6 Å². The first-order chi connectivity index (χ1) is 11.6. The molecule has 24 heavy (non-hydrogen) atoms. The third-order valence-corrected chi connectivity index (χ3v) is 5.05. The molecule has 4 nitrogen and oxygen atoms in total. The molecule has 2 aliphatic heterocycles. The van der Waals surface area contributed by atoms with Crippen molar-refractivity contribution in [2.24, 2.45) is 4.99 Å². The number of aromatic nitrogens is 1. The summed E-state index contributed by atoms with van der Waals surface area (Å²) in [7, 11) is 0. The summed E-state index contributed by atoms with van der Waals surface area (Å²) in [5.74, 6) is -2.08. The van der Waals surface area contributed by atoms with Crippen molar-refractivity contribution < 1.29 is 13.6 Å². The van der Waals surface area contributed by atoms with Gasteiger partial charge in [0.2, 0.25) is 0 Å². The van der Waals surface area contributed by atoms with Crippen molar-refractivity contribution >= 4 is 33.4 Å². The molecule has 1 amide bonds. The first-order valence-electron chi connectivity index (χ1n) is 7.26. The monoisotopic (exact) mass is 343 g/mol. The smallest absolute Gasteiger partial charge is 0.270 e. The highest BCUT2D eigenvalue weighted by Gasteiger charge is 2.41. The van der Waals surface area contributed by atoms with Gasteiger partial charge in [-0.25, -0.2) is 8.78 Å². The fourth-order valence-electron chi connectivity index (χ4n) is 2.74. The Morgan fingerprint density at radius 3 is 2.54 bits per heavy atom. The number of halogens is 2. The highest BCUT2D eigenvalue weighted by molar-refractivity contribution is 8.22. The van der Waals surface area contributed by atoms with Gasteiger partial charge in [-0.2, -0.15) is 4.99 Å². The van der Waals surface area contributed by atoms with Crippen molar-refractivity contribution in [3.05, 3.63) is 65.5 Å². The molecule has 0 spiro atoms. The molecule has 2 aliphatic rings. The fourth-order valence-corrected chi connectivity index (χ4v) is 3.97. The average Bonchev–Trinajstić information content (AvgIpc) is 3.08. The highest BCUT2D eigenvalue weighted by atomic mass is 32.2. The number of thioether (sulfide) groups is 1. The Balaban J connectivity index is 1.93. The third-order valence-electron chi connectivity index (χ3n) is 3.94. The number of benzene rings is 1. The summed E-state index contributed by atoms with van der Waals surface area (Å²) >= 11 is 1.35. The fraction of sp³-hybridized carbons (Fsp3) is 0.118. The van der Waals surface area contributed by atoms with E-state index in [2.05, 4.69) is 9.98 Å². The quantitative estimate of drug-likeness (QED) is 0.837. The van der Waals surface area contributed by atoms with Gasteiger partial charge >= 0.3 is 0 Å². The molecule has 2 aromatic rings. The second-order valence-electron chi connectivity index (χ2n) is 5.42. The zero-order valence-corrected chi connectivity index (χ0v) is 13.3. The van der Waals surface area contributed by atoms with E-state index in [0.717, 1.165) is 22.6 Å². The summed E-state index contributed by atoms with van der Waals surface area (Å²) in [6, 6.07) is 6.92. The number of nitrogens with zero attached hydrogens (tertiary/aromatic N) is 3. The van der Waals surface area contributed by atoms with Gasteiger partial charge in [0.15, 0.2) is 16.8 Å². The number of fused-ring (bicyclic) bond motifs is 1. The molecule has 7 heteroatoms. The number of carbonyl (C=O) groups excluding carboxylic acids is 1. The molecule has 0 N–H and O–H groups in total. The lowest BCUT2D eigenvalue weighted by atomic mass is 10.1. The first kappa shape index (κ1) is 15.0. The van der Waals surface area contributed by atoms with Crippen molar-refractivity contribution in [2.45, 2.75) is 13.0 Å². The molecule has 0 saturated heterocycles. The van der Waals surface area contributed by atoms with Crippen molar-refractivity contribution in [1.29, 1.82) is 0 Å². The second kappa shape index (κ2) is 5.52. The van der Waals surface area contributed by atoms with E-state index in [0.29, 0.717) is 16.4 Å². The Kier molecular flexibility index (Phi) is 3.45. The van der Waals surface area contributed by atoms with Crippen LogP contribution in [0.1, 0.15) is 18.1 Å². The minimum absolute atomic E-state index is 0.244. The van der Waals surface area contributed by atoms with Crippen molar-refractivity contribution in [3.63, 3.8) is 0 Å². The number of rotatable bonds is 2. The Hall–Kier alpha value is -2.54. The number of amidine groups is 1. The number of amides is 1. The SMILES string of the molecule is CC1C(=O)N=C2SC(c3ccncc3)=C(c3ccc(F)c(F)c3)N21. The van der Waals surface area contributed by atoms with Crippen LogP contribution >= 0.6 is 11.8 Å². The van der Waals surface area contributed by atoms with Crippen LogP contribution < -0.4 is 0 Å². The predicted molar refractivity (Wildman–Crippen MR) is 88.7 cm³/mol. The van der Waals surface area contributed by atoms with Crippen LogP contribution in [0.4, 0.5) is 8.78 Å². The maximum atomic E-state index is 13.7. The first-order valence-corrected chi connectivity index (χ1v) is 8.07. The van der Waals surface area contributed by atoms with Gasteiger partial charge in [0.1, 0.15) is 6.04 Å². The minimum Gasteiger partial charge on any atom is -0.307 e. The lowest BCUT2D eigenvalue weighted by molar-refractivity contribution is -0.119. The Morgan fingerprint density at radius 1 is 1.08 bits per heavy atom. The highest BCUT2D eigenvalue weighted by Crippen LogP contribution is 2.48. The van der Waals surface area contributed by atoms with Crippen molar-refractivity contribution in [2.75, 3.05) is 0 Å². The lowest BCUT2D eigenvalue weighted by Gasteiger charge is -2.22. The number of carbonyl (C=O) groups is 1. The third kappa shape index (κ3) is 2.24. The summed E-state index contributed by atoms with van der Waals surface area (Å²) in [4.78, 5) is 22.6. The Bertz CT molecular complexity index is 911. The largest absolute Gasteiger partial charge is 0.307 e. The van der Waals surface area contributed by atoms with E-state index < -0.39 is 17.7 Å². The summed E-state index contributed by atoms with van der Waals surface area (Å²) in [6.45, 7) is 1.74. The van der Waals surface area contributed by atoms with Crippen molar-refractivity contribution in [1.82, 2.24) is 9.88 Å². The van der Waals surface area contributed by atoms with Gasteiger partial charge < -0.3 is 4.90 Å². The van der Waals surface area contributed by atoms with Gasteiger partial charge in [0, 0.05) is 22.9 Å². The molecule has 120 valence electrons. The van der Waals surface area contributed by atoms with Gasteiger partial charge in [-0.3, -0.25) is 9.78 Å². The summed E-state index contributed by atoms with van der Waals surface area (Å²) in [5, 5.41) is 0.555. The molecule has 4 rings (SSSR count). The van der Waals surface area contributed by atoms with E-state index in [1.54, 1.807) is 24.2 Å². The van der Waals surface area contributed by atoms with Crippen LogP contribution in [0.5, 0.6) is 0 Å². The van der Waals surface area contributed by atoms with Gasteiger partial charge in [-0.15, -0.1) is 0 Å². The van der Waals surface area contributed by atoms with Crippen LogP contribution in [0.3, 0.4) is 0 Å². The Morgan fingerprint density at radius 2 is 1.83 bits per heavy atom. The van der Waals surface area contributed by atoms with E-state index in [-0.39, 0.29) is 5.91 Å². The number of pyridine rings is 1. The second-order valence-corrected chi connectivity index (χ2v) is 6.40. The van der Waals surface area contributed by atoms with E-state index in [1.165, 1.54) is 17.8 Å². The average molecular weight is 343 g/mol. The topological polar surface area (TPSA) is 45.6 Å². The number of aliphatic imine (C=N–C) groups is 1. The molecule has 0 bridgehead atoms. The zero-order valence-electron chi connectivity index (χ0n) is 12.5. The maximum absolute atomic E-state index is 13.7. The van der Waals surface area contributed by atoms with Gasteiger partial charge in [-0.05, 0) is 54.6 Å². The molecule has 0 radical (unpaired) electrons. The lowest BCUT2D eigenvalue weighted by Crippen LogP contribution is -2.31. The summed E-state index contributed by atoms with van der Waals surface area (Å²) < 4.78 is 27.1. The van der Waals surface area contributed by atoms with Gasteiger partial charge in [0.25, 0.3) is 5.91 Å². The standard InChI is InChI=1S/C17H11F2N3OS/c1-9-16(23)21-17-22(9)14(11-2-3-12(18)13(19)8-11)15(24-17)10-4-6-20-7-5-10/h2-9H,1H3. The number of hydrogen-bond donors (Lipinski definition) is 0. The molecule has 0 saturated carbocycles. The molecule has 1 atom stereocenters. The van der Waals surface area contributed by atoms with Crippen LogP contribution in [0.2, 0.25) is 0 Å². The molecule has 3 heterocycles. The summed E-state index contributed by atoms with van der Waals surface area (Å²) in [5.41, 5.74) is 2.04. The summed E-state index contributed by atoms with van der Waals surface area (Å²) in [6.07, 6.45) is 3.32. The van der Waals surface area contributed by atoms with E-state index >= 15 is 0 Å². The molecule has 1 aromatic heterocycles. The molecular weight excluding hydrogens is 332 g/mol. The van der Waals surface area contributed by atoms with Gasteiger partial charge in [0.05, 0.1) is 5.70 Å². The molecular formula is C17H11F2N3OS. The Labute approximate surface area is 140 Å². The van der Waals surface area contributed by atoms with E-state index in [1.807, 2.05) is 12.1 Å². The maximum Gasteiger partial charge on any atom is 0.270 e. The normalized spacial score (nSPS) is 19.8. The minimum atomic E-state index is -0.928.